The Bertz CT molecular complexity index is 1310. The molecule has 144 valence electrons. The number of para-hydroxylation sites is 1. The van der Waals surface area contributed by atoms with Crippen LogP contribution in [0.25, 0.3) is 10.8 Å². The van der Waals surface area contributed by atoms with Crippen LogP contribution in [-0.2, 0) is 20.6 Å². The minimum atomic E-state index is -4.57. The average Bonchev–Trinajstić information content (AvgIpc) is 2.61. The van der Waals surface area contributed by atoms with Crippen LogP contribution in [0.4, 0.5) is 16.2 Å². The smallest absolute Gasteiger partial charge is 0.367 e. The summed E-state index contributed by atoms with van der Waals surface area (Å²) in [6.45, 7) is 0. The number of rotatable bonds is 3. The second-order valence-electron chi connectivity index (χ2n) is 5.58. The molecule has 0 atom stereocenters. The van der Waals surface area contributed by atoms with Gasteiger partial charge in [-0.3, -0.25) is 9.45 Å². The molecule has 0 fully saturated rings. The van der Waals surface area contributed by atoms with Crippen molar-refractivity contribution in [1.29, 1.82) is 0 Å². The Morgan fingerprint density at radius 1 is 0.964 bits per heavy atom. The first-order valence-corrected chi connectivity index (χ1v) is 10.1. The molecular weight excluding hydrogens is 408 g/mol. The van der Waals surface area contributed by atoms with Crippen LogP contribution >= 0.6 is 0 Å². The fourth-order valence-corrected chi connectivity index (χ4v) is 3.40. The molecule has 0 aliphatic carbocycles. The van der Waals surface area contributed by atoms with Gasteiger partial charge in [0.2, 0.25) is 0 Å². The molecule has 2 N–H and O–H groups in total. The number of amides is 2. The van der Waals surface area contributed by atoms with Crippen molar-refractivity contribution in [2.45, 2.75) is 4.90 Å². The van der Waals surface area contributed by atoms with E-state index in [1.54, 1.807) is 30.3 Å². The van der Waals surface area contributed by atoms with E-state index in [-0.39, 0.29) is 22.2 Å². The number of urea groups is 1. The first-order chi connectivity index (χ1) is 13.2. The Labute approximate surface area is 160 Å². The van der Waals surface area contributed by atoms with Gasteiger partial charge in [-0.25, -0.2) is 4.79 Å². The van der Waals surface area contributed by atoms with Crippen LogP contribution in [0.15, 0.2) is 69.9 Å². The third-order valence-corrected chi connectivity index (χ3v) is 4.94. The highest BCUT2D eigenvalue weighted by atomic mass is 32.2. The minimum absolute atomic E-state index is 0.171. The molecule has 3 aromatic rings. The number of benzene rings is 3. The van der Waals surface area contributed by atoms with Crippen LogP contribution in [0, 0.1) is 0 Å². The number of nitrogens with zero attached hydrogens (tertiary/aromatic N) is 2. The first-order valence-electron chi connectivity index (χ1n) is 7.61. The summed E-state index contributed by atoms with van der Waals surface area (Å²) >= 11 is 0. The maximum absolute atomic E-state index is 12.4. The highest BCUT2D eigenvalue weighted by Crippen LogP contribution is 2.34. The van der Waals surface area contributed by atoms with Gasteiger partial charge < -0.3 is 5.11 Å². The van der Waals surface area contributed by atoms with E-state index in [4.69, 9.17) is 0 Å². The largest absolute Gasteiger partial charge is 0.507 e. The molecular formula is C17H12N2O7S2. The van der Waals surface area contributed by atoms with Gasteiger partial charge in [0.25, 0.3) is 10.1 Å². The molecule has 11 heteroatoms. The molecule has 3 aromatic carbocycles. The zero-order valence-electron chi connectivity index (χ0n) is 13.9. The van der Waals surface area contributed by atoms with Gasteiger partial charge >= 0.3 is 16.5 Å². The number of phenolic OH excluding ortho intramolecular Hbond substituents is 1. The number of phenols is 1. The SMILES string of the molecule is O=C(N=S(=O)=O)N(c1ccccc1)c1ccc2c(O)cc(S(=O)(=O)O)cc2c1. The summed E-state index contributed by atoms with van der Waals surface area (Å²) in [7, 11) is -7.55. The second-order valence-corrected chi connectivity index (χ2v) is 7.62. The Kier molecular flexibility index (Phi) is 5.14. The topological polar surface area (TPSA) is 141 Å². The molecule has 0 saturated heterocycles. The maximum atomic E-state index is 12.4. The summed E-state index contributed by atoms with van der Waals surface area (Å²) in [5, 5.41) is 10.5. The van der Waals surface area contributed by atoms with Gasteiger partial charge in [0.15, 0.2) is 0 Å². The van der Waals surface area contributed by atoms with Crippen molar-refractivity contribution in [2.24, 2.45) is 4.36 Å². The molecule has 0 aromatic heterocycles. The average molecular weight is 420 g/mol. The van der Waals surface area contributed by atoms with E-state index < -0.39 is 31.5 Å². The first kappa shape index (κ1) is 19.5. The molecule has 3 rings (SSSR count). The minimum Gasteiger partial charge on any atom is -0.507 e. The Balaban J connectivity index is 2.25. The third kappa shape index (κ3) is 4.01. The highest BCUT2D eigenvalue weighted by Gasteiger charge is 2.20. The Hall–Kier alpha value is -3.28. The van der Waals surface area contributed by atoms with Crippen LogP contribution in [-0.4, -0.2) is 32.5 Å². The fourth-order valence-electron chi connectivity index (χ4n) is 2.65. The van der Waals surface area contributed by atoms with E-state index in [1.165, 1.54) is 18.2 Å². The van der Waals surface area contributed by atoms with E-state index >= 15 is 0 Å². The number of aromatic hydroxyl groups is 1. The number of carbonyl (C=O) groups is 1. The summed E-state index contributed by atoms with van der Waals surface area (Å²) in [4.78, 5) is 12.8. The number of anilines is 2. The summed E-state index contributed by atoms with van der Waals surface area (Å²) in [6, 6.07) is 13.2. The number of fused-ring (bicyclic) bond motifs is 1. The quantitative estimate of drug-likeness (QED) is 0.620. The lowest BCUT2D eigenvalue weighted by Gasteiger charge is -2.20. The van der Waals surface area contributed by atoms with Crippen LogP contribution in [0.5, 0.6) is 5.75 Å². The zero-order chi connectivity index (χ0) is 20.5. The molecule has 2 amide bonds. The lowest BCUT2D eigenvalue weighted by molar-refractivity contribution is 0.256. The molecule has 28 heavy (non-hydrogen) atoms. The predicted molar refractivity (Wildman–Crippen MR) is 101 cm³/mol. The van der Waals surface area contributed by atoms with Gasteiger partial charge in [0.1, 0.15) is 5.75 Å². The zero-order valence-corrected chi connectivity index (χ0v) is 15.6. The molecule has 0 spiro atoms. The van der Waals surface area contributed by atoms with Crippen molar-refractivity contribution in [3.05, 3.63) is 60.7 Å². The highest BCUT2D eigenvalue weighted by molar-refractivity contribution is 7.85. The molecule has 0 unspecified atom stereocenters. The standard InChI is InChI=1S/C17H12N2O7S2/c20-16-10-14(28(24,25)26)9-11-8-13(6-7-15(11)16)19(17(21)18-27(22)23)12-4-2-1-3-5-12/h1-10,20H,(H,24,25,26). The van der Waals surface area contributed by atoms with Crippen molar-refractivity contribution in [3.8, 4) is 5.75 Å². The van der Waals surface area contributed by atoms with E-state index in [1.807, 2.05) is 0 Å². The molecule has 0 aliphatic rings. The monoisotopic (exact) mass is 420 g/mol. The van der Waals surface area contributed by atoms with Gasteiger partial charge in [-0.15, -0.1) is 0 Å². The summed E-state index contributed by atoms with van der Waals surface area (Å²) in [6.07, 6.45) is 0. The van der Waals surface area contributed by atoms with E-state index in [2.05, 4.69) is 4.36 Å². The van der Waals surface area contributed by atoms with Crippen molar-refractivity contribution in [2.75, 3.05) is 4.90 Å². The van der Waals surface area contributed by atoms with Crippen molar-refractivity contribution in [3.63, 3.8) is 0 Å². The molecule has 0 radical (unpaired) electrons. The van der Waals surface area contributed by atoms with Crippen LogP contribution in [0.3, 0.4) is 0 Å². The molecule has 0 bridgehead atoms. The Morgan fingerprint density at radius 2 is 1.64 bits per heavy atom. The van der Waals surface area contributed by atoms with Gasteiger partial charge in [0.05, 0.1) is 16.3 Å². The maximum Gasteiger partial charge on any atom is 0.367 e. The van der Waals surface area contributed by atoms with E-state index in [0.29, 0.717) is 5.69 Å². The van der Waals surface area contributed by atoms with Crippen LogP contribution in [0.1, 0.15) is 0 Å². The van der Waals surface area contributed by atoms with Crippen LogP contribution in [0.2, 0.25) is 0 Å². The lowest BCUT2D eigenvalue weighted by atomic mass is 10.1. The molecule has 0 aliphatic heterocycles. The Morgan fingerprint density at radius 3 is 2.25 bits per heavy atom. The van der Waals surface area contributed by atoms with E-state index in [9.17, 15) is 31.3 Å². The fraction of sp³-hybridized carbons (Fsp3) is 0. The van der Waals surface area contributed by atoms with Gasteiger partial charge in [0, 0.05) is 11.5 Å². The van der Waals surface area contributed by atoms with Crippen molar-refractivity contribution in [1.82, 2.24) is 0 Å². The number of hydrogen-bond donors (Lipinski definition) is 2. The third-order valence-electron chi connectivity index (χ3n) is 3.80. The normalized spacial score (nSPS) is 11.2. The van der Waals surface area contributed by atoms with Gasteiger partial charge in [-0.2, -0.15) is 16.8 Å². The summed E-state index contributed by atoms with van der Waals surface area (Å²) in [5.74, 6) is -0.389. The second kappa shape index (κ2) is 7.38. The lowest BCUT2D eigenvalue weighted by Crippen LogP contribution is -2.22. The van der Waals surface area contributed by atoms with Gasteiger partial charge in [-0.05, 0) is 41.8 Å². The van der Waals surface area contributed by atoms with Gasteiger partial charge in [-0.1, -0.05) is 22.6 Å². The van der Waals surface area contributed by atoms with E-state index in [0.717, 1.165) is 17.0 Å². The number of hydrogen-bond acceptors (Lipinski definition) is 6. The van der Waals surface area contributed by atoms with Crippen molar-refractivity contribution >= 4 is 48.8 Å². The van der Waals surface area contributed by atoms with Crippen molar-refractivity contribution < 1.29 is 31.3 Å². The summed E-state index contributed by atoms with van der Waals surface area (Å²) < 4.78 is 56.7. The molecule has 0 heterocycles. The number of carbonyl (C=O) groups excluding carboxylic acids is 1. The predicted octanol–water partition coefficient (Wildman–Crippen LogP) is 3.11. The molecule has 0 saturated carbocycles. The summed E-state index contributed by atoms with van der Waals surface area (Å²) in [5.41, 5.74) is 0.487. The molecule has 9 nitrogen and oxygen atoms in total. The van der Waals surface area contributed by atoms with Crippen LogP contribution < -0.4 is 4.90 Å².